The van der Waals surface area contributed by atoms with Crippen molar-refractivity contribution in [2.45, 2.75) is 25.7 Å². The monoisotopic (exact) mass is 240 g/mol. The highest BCUT2D eigenvalue weighted by atomic mass is 31.1. The second-order valence-electron chi connectivity index (χ2n) is 4.04. The van der Waals surface area contributed by atoms with E-state index in [1.165, 1.54) is 24.8 Å². The Kier molecular flexibility index (Phi) is 6.44. The molecular formula is C13H21O2P. The summed E-state index contributed by atoms with van der Waals surface area (Å²) in [6, 6.07) is 7.97. The van der Waals surface area contributed by atoms with Crippen LogP contribution in [-0.4, -0.2) is 24.8 Å². The van der Waals surface area contributed by atoms with Crippen LogP contribution in [0.25, 0.3) is 0 Å². The molecule has 1 aromatic carbocycles. The lowest BCUT2D eigenvalue weighted by atomic mass is 10.2. The lowest BCUT2D eigenvalue weighted by Crippen LogP contribution is -1.91. The summed E-state index contributed by atoms with van der Waals surface area (Å²) in [5.74, 6) is 0.885. The molecule has 90 valence electrons. The maximum atomic E-state index is 9.17. The number of benzene rings is 1. The number of hydrogen-bond acceptors (Lipinski definition) is 2. The summed E-state index contributed by atoms with van der Waals surface area (Å²) in [7, 11) is 0.886. The topological polar surface area (TPSA) is 29.5 Å². The number of methoxy groups -OCH3 is 1. The molecule has 0 heterocycles. The van der Waals surface area contributed by atoms with Gasteiger partial charge in [0.2, 0.25) is 0 Å². The van der Waals surface area contributed by atoms with Crippen molar-refractivity contribution in [3.63, 3.8) is 0 Å². The molecule has 1 atom stereocenters. The van der Waals surface area contributed by atoms with E-state index >= 15 is 0 Å². The Balaban J connectivity index is 0.000000365. The lowest BCUT2D eigenvalue weighted by molar-refractivity contribution is 0.414. The summed E-state index contributed by atoms with van der Waals surface area (Å²) in [6.07, 6.45) is 6.29. The summed E-state index contributed by atoms with van der Waals surface area (Å²) < 4.78 is 5.10. The summed E-state index contributed by atoms with van der Waals surface area (Å²) in [5.41, 5.74) is 1.22. The third-order valence-corrected chi connectivity index (χ3v) is 3.08. The second-order valence-corrected chi connectivity index (χ2v) is 5.81. The molecule has 1 aliphatic rings. The van der Waals surface area contributed by atoms with Crippen molar-refractivity contribution in [2.75, 3.05) is 19.9 Å². The van der Waals surface area contributed by atoms with Crippen LogP contribution in [0.15, 0.2) is 24.3 Å². The normalized spacial score (nSPS) is 14.7. The van der Waals surface area contributed by atoms with Crippen LogP contribution in [0, 0.1) is 0 Å². The summed E-state index contributed by atoms with van der Waals surface area (Å²) in [6.45, 7) is 1.87. The van der Waals surface area contributed by atoms with Gasteiger partial charge in [-0.1, -0.05) is 31.4 Å². The highest BCUT2D eigenvalue weighted by Crippen LogP contribution is 2.25. The molecule has 16 heavy (non-hydrogen) atoms. The van der Waals surface area contributed by atoms with Gasteiger partial charge < -0.3 is 9.63 Å². The van der Waals surface area contributed by atoms with Gasteiger partial charge in [-0.3, -0.25) is 0 Å². The van der Waals surface area contributed by atoms with E-state index in [0.717, 1.165) is 18.3 Å². The zero-order chi connectivity index (χ0) is 11.8. The molecule has 0 amide bonds. The predicted octanol–water partition coefficient (Wildman–Crippen LogP) is 3.43. The van der Waals surface area contributed by atoms with Gasteiger partial charge in [-0.15, -0.1) is 0 Å². The van der Waals surface area contributed by atoms with E-state index in [9.17, 15) is 4.89 Å². The van der Waals surface area contributed by atoms with E-state index < -0.39 is 8.15 Å². The van der Waals surface area contributed by atoms with Crippen LogP contribution in [-0.2, 0) is 6.42 Å². The largest absolute Gasteiger partial charge is 0.497 e. The fourth-order valence-corrected chi connectivity index (χ4v) is 1.70. The Morgan fingerprint density at radius 2 is 2.00 bits per heavy atom. The highest BCUT2D eigenvalue weighted by Gasteiger charge is 1.99. The lowest BCUT2D eigenvalue weighted by Gasteiger charge is -2.05. The fraction of sp³-hybridized carbons (Fsp3) is 0.538. The smallest absolute Gasteiger partial charge is 0.119 e. The first kappa shape index (κ1) is 13.5. The quantitative estimate of drug-likeness (QED) is 0.817. The summed E-state index contributed by atoms with van der Waals surface area (Å²) >= 11 is 0. The van der Waals surface area contributed by atoms with E-state index in [4.69, 9.17) is 4.74 Å². The molecular weight excluding hydrogens is 219 g/mol. The summed E-state index contributed by atoms with van der Waals surface area (Å²) in [4.78, 5) is 9.17. The molecule has 0 bridgehead atoms. The van der Waals surface area contributed by atoms with Gasteiger partial charge in [0.15, 0.2) is 0 Å². The van der Waals surface area contributed by atoms with Crippen molar-refractivity contribution in [1.82, 2.24) is 0 Å². The van der Waals surface area contributed by atoms with Crippen molar-refractivity contribution < 1.29 is 9.63 Å². The molecule has 0 aliphatic heterocycles. The van der Waals surface area contributed by atoms with Gasteiger partial charge in [0, 0.05) is 8.15 Å². The van der Waals surface area contributed by atoms with Crippen molar-refractivity contribution in [3.8, 4) is 5.75 Å². The molecule has 0 spiro atoms. The van der Waals surface area contributed by atoms with E-state index in [1.54, 1.807) is 7.11 Å². The van der Waals surface area contributed by atoms with Gasteiger partial charge in [-0.2, -0.15) is 0 Å². The van der Waals surface area contributed by atoms with Crippen LogP contribution < -0.4 is 4.74 Å². The molecule has 0 radical (unpaired) electrons. The van der Waals surface area contributed by atoms with Gasteiger partial charge in [0.25, 0.3) is 0 Å². The van der Waals surface area contributed by atoms with E-state index in [2.05, 4.69) is 6.07 Å². The molecule has 1 saturated carbocycles. The van der Waals surface area contributed by atoms with Gasteiger partial charge in [0.1, 0.15) is 5.75 Å². The van der Waals surface area contributed by atoms with E-state index in [0.29, 0.717) is 0 Å². The molecule has 0 aromatic heterocycles. The van der Waals surface area contributed by atoms with Crippen LogP contribution in [0.5, 0.6) is 5.75 Å². The first-order chi connectivity index (χ1) is 7.72. The Bertz CT molecular complexity index is 295. The van der Waals surface area contributed by atoms with Crippen molar-refractivity contribution in [1.29, 1.82) is 0 Å². The fourth-order valence-electron chi connectivity index (χ4n) is 1.12. The van der Waals surface area contributed by atoms with Crippen molar-refractivity contribution in [2.24, 2.45) is 0 Å². The van der Waals surface area contributed by atoms with E-state index in [1.807, 2.05) is 24.9 Å². The third-order valence-electron chi connectivity index (χ3n) is 2.21. The minimum absolute atomic E-state index is 0.779. The Labute approximate surface area is 99.5 Å². The minimum atomic E-state index is -0.779. The average molecular weight is 240 g/mol. The minimum Gasteiger partial charge on any atom is -0.497 e. The average Bonchev–Trinajstić information content (AvgIpc) is 3.14. The van der Waals surface area contributed by atoms with Gasteiger partial charge >= 0.3 is 0 Å². The van der Waals surface area contributed by atoms with Gasteiger partial charge in [0.05, 0.1) is 7.11 Å². The zero-order valence-corrected chi connectivity index (χ0v) is 11.0. The molecule has 3 heteroatoms. The van der Waals surface area contributed by atoms with Crippen molar-refractivity contribution in [3.05, 3.63) is 29.8 Å². The molecule has 1 unspecified atom stereocenters. The van der Waals surface area contributed by atoms with Crippen LogP contribution in [0.2, 0.25) is 0 Å². The Hall–Kier alpha value is -0.590. The molecule has 2 nitrogen and oxygen atoms in total. The van der Waals surface area contributed by atoms with Crippen molar-refractivity contribution >= 4 is 8.15 Å². The summed E-state index contributed by atoms with van der Waals surface area (Å²) in [5, 5.41) is 0. The third kappa shape index (κ3) is 6.81. The second kappa shape index (κ2) is 7.65. The SMILES string of the molecule is C1CC1.COc1cccc(CCP(C)O)c1. The first-order valence-corrected chi connectivity index (χ1v) is 7.68. The van der Waals surface area contributed by atoms with Crippen LogP contribution in [0.4, 0.5) is 0 Å². The molecule has 1 fully saturated rings. The highest BCUT2D eigenvalue weighted by molar-refractivity contribution is 7.50. The zero-order valence-electron chi connectivity index (χ0n) is 10.1. The number of hydrogen-bond donors (Lipinski definition) is 1. The molecule has 2 rings (SSSR count). The first-order valence-electron chi connectivity index (χ1n) is 5.75. The van der Waals surface area contributed by atoms with Crippen LogP contribution in [0.3, 0.4) is 0 Å². The maximum Gasteiger partial charge on any atom is 0.119 e. The van der Waals surface area contributed by atoms with Crippen LogP contribution in [0.1, 0.15) is 24.8 Å². The van der Waals surface area contributed by atoms with Gasteiger partial charge in [-0.25, -0.2) is 0 Å². The number of rotatable bonds is 4. The van der Waals surface area contributed by atoms with E-state index in [-0.39, 0.29) is 0 Å². The Morgan fingerprint density at radius 1 is 1.31 bits per heavy atom. The molecule has 1 aromatic rings. The molecule has 0 saturated heterocycles. The molecule has 1 aliphatic carbocycles. The standard InChI is InChI=1S/C10H15O2P.C3H6/c1-12-10-5-3-4-9(8-10)6-7-13(2)11;1-2-3-1/h3-5,8,11H,6-7H2,1-2H3;1-3H2. The molecule has 1 N–H and O–H groups in total. The predicted molar refractivity (Wildman–Crippen MR) is 70.5 cm³/mol. The maximum absolute atomic E-state index is 9.17. The number of aryl methyl sites for hydroxylation is 1. The van der Waals surface area contributed by atoms with Crippen LogP contribution >= 0.6 is 8.15 Å². The Morgan fingerprint density at radius 3 is 2.50 bits per heavy atom. The number of ether oxygens (including phenoxy) is 1. The van der Waals surface area contributed by atoms with Gasteiger partial charge in [-0.05, 0) is 36.9 Å².